The maximum atomic E-state index is 9.11. The highest BCUT2D eigenvalue weighted by Gasteiger charge is 2.18. The highest BCUT2D eigenvalue weighted by Crippen LogP contribution is 2.17. The van der Waals surface area contributed by atoms with Crippen molar-refractivity contribution < 1.29 is 5.11 Å². The highest BCUT2D eigenvalue weighted by atomic mass is 127. The monoisotopic (exact) mass is 318 g/mol. The van der Waals surface area contributed by atoms with E-state index in [0.29, 0.717) is 0 Å². The Kier molecular flexibility index (Phi) is 3.82. The van der Waals surface area contributed by atoms with E-state index >= 15 is 0 Å². The van der Waals surface area contributed by atoms with Crippen molar-refractivity contribution in [2.45, 2.75) is 6.04 Å². The molecule has 1 saturated heterocycles. The number of halogens is 1. The van der Waals surface area contributed by atoms with Gasteiger partial charge in [-0.1, -0.05) is 0 Å². The first-order valence-electron chi connectivity index (χ1n) is 5.14. The molecule has 1 heterocycles. The van der Waals surface area contributed by atoms with Crippen molar-refractivity contribution in [3.8, 4) is 0 Å². The number of benzene rings is 1. The molecule has 3 nitrogen and oxygen atoms in total. The summed E-state index contributed by atoms with van der Waals surface area (Å²) in [4.78, 5) is 2.31. The Morgan fingerprint density at radius 2 is 2.13 bits per heavy atom. The van der Waals surface area contributed by atoms with Crippen LogP contribution in [0, 0.1) is 3.57 Å². The minimum absolute atomic E-state index is 0.207. The van der Waals surface area contributed by atoms with Crippen molar-refractivity contribution in [1.82, 2.24) is 5.32 Å². The van der Waals surface area contributed by atoms with Gasteiger partial charge >= 0.3 is 0 Å². The van der Waals surface area contributed by atoms with Crippen LogP contribution in [0.4, 0.5) is 5.69 Å². The standard InChI is InChI=1S/C11H15IN2O/c12-9-1-3-11(4-2-9)14-6-5-13-10(7-14)8-15/h1-4,10,13,15H,5-8H2. The first-order valence-corrected chi connectivity index (χ1v) is 6.22. The number of piperazine rings is 1. The molecule has 1 aliphatic rings. The van der Waals surface area contributed by atoms with E-state index in [9.17, 15) is 0 Å². The van der Waals surface area contributed by atoms with E-state index < -0.39 is 0 Å². The van der Waals surface area contributed by atoms with E-state index in [0.717, 1.165) is 19.6 Å². The van der Waals surface area contributed by atoms with E-state index in [-0.39, 0.29) is 12.6 Å². The first-order chi connectivity index (χ1) is 7.29. The third kappa shape index (κ3) is 2.83. The second-order valence-corrected chi connectivity index (χ2v) is 5.00. The zero-order valence-electron chi connectivity index (χ0n) is 8.49. The number of hydrogen-bond donors (Lipinski definition) is 2. The molecular weight excluding hydrogens is 303 g/mol. The van der Waals surface area contributed by atoms with Gasteiger partial charge in [-0.2, -0.15) is 0 Å². The van der Waals surface area contributed by atoms with Gasteiger partial charge in [-0.15, -0.1) is 0 Å². The minimum atomic E-state index is 0.207. The lowest BCUT2D eigenvalue weighted by Crippen LogP contribution is -2.52. The summed E-state index contributed by atoms with van der Waals surface area (Å²) in [6.07, 6.45) is 0. The van der Waals surface area contributed by atoms with E-state index in [2.05, 4.69) is 57.1 Å². The van der Waals surface area contributed by atoms with E-state index in [4.69, 9.17) is 5.11 Å². The number of nitrogens with one attached hydrogen (secondary N) is 1. The van der Waals surface area contributed by atoms with Gasteiger partial charge in [-0.25, -0.2) is 0 Å². The summed E-state index contributed by atoms with van der Waals surface area (Å²) in [7, 11) is 0. The van der Waals surface area contributed by atoms with E-state index in [1.807, 2.05) is 0 Å². The van der Waals surface area contributed by atoms with Crippen LogP contribution in [-0.4, -0.2) is 37.4 Å². The molecule has 1 aromatic carbocycles. The van der Waals surface area contributed by atoms with Gasteiger partial charge in [0.15, 0.2) is 0 Å². The van der Waals surface area contributed by atoms with Gasteiger partial charge in [0.25, 0.3) is 0 Å². The molecule has 82 valence electrons. The predicted molar refractivity (Wildman–Crippen MR) is 70.2 cm³/mol. The van der Waals surface area contributed by atoms with Crippen molar-refractivity contribution >= 4 is 28.3 Å². The fourth-order valence-corrected chi connectivity index (χ4v) is 2.19. The Labute approximate surface area is 104 Å². The number of rotatable bonds is 2. The summed E-state index contributed by atoms with van der Waals surface area (Å²) in [6.45, 7) is 3.05. The summed E-state index contributed by atoms with van der Waals surface area (Å²) in [5.41, 5.74) is 1.25. The molecule has 1 atom stereocenters. The number of aliphatic hydroxyl groups excluding tert-OH is 1. The molecule has 1 aromatic rings. The van der Waals surface area contributed by atoms with Crippen LogP contribution >= 0.6 is 22.6 Å². The molecule has 0 spiro atoms. The van der Waals surface area contributed by atoms with Crippen LogP contribution < -0.4 is 10.2 Å². The fraction of sp³-hybridized carbons (Fsp3) is 0.455. The molecule has 1 fully saturated rings. The van der Waals surface area contributed by atoms with Crippen molar-refractivity contribution in [3.63, 3.8) is 0 Å². The second kappa shape index (κ2) is 5.14. The van der Waals surface area contributed by atoms with Gasteiger partial charge in [0.05, 0.1) is 6.61 Å². The largest absolute Gasteiger partial charge is 0.395 e. The smallest absolute Gasteiger partial charge is 0.0601 e. The Morgan fingerprint density at radius 3 is 2.80 bits per heavy atom. The number of aliphatic hydroxyl groups is 1. The lowest BCUT2D eigenvalue weighted by Gasteiger charge is -2.34. The van der Waals surface area contributed by atoms with Crippen molar-refractivity contribution in [3.05, 3.63) is 27.8 Å². The molecule has 0 amide bonds. The molecule has 0 radical (unpaired) electrons. The molecule has 2 N–H and O–H groups in total. The highest BCUT2D eigenvalue weighted by molar-refractivity contribution is 14.1. The van der Waals surface area contributed by atoms with Crippen molar-refractivity contribution in [1.29, 1.82) is 0 Å². The van der Waals surface area contributed by atoms with Crippen LogP contribution in [0.1, 0.15) is 0 Å². The van der Waals surface area contributed by atoms with Gasteiger partial charge in [0.1, 0.15) is 0 Å². The Balaban J connectivity index is 2.06. The molecule has 0 bridgehead atoms. The summed E-state index contributed by atoms with van der Waals surface area (Å²) < 4.78 is 1.25. The summed E-state index contributed by atoms with van der Waals surface area (Å²) >= 11 is 2.31. The molecular formula is C11H15IN2O. The van der Waals surface area contributed by atoms with Gasteiger partial charge in [-0.05, 0) is 46.9 Å². The Bertz CT molecular complexity index is 315. The van der Waals surface area contributed by atoms with Crippen LogP contribution in [-0.2, 0) is 0 Å². The zero-order valence-corrected chi connectivity index (χ0v) is 10.6. The number of anilines is 1. The lowest BCUT2D eigenvalue weighted by atomic mass is 10.2. The average Bonchev–Trinajstić information content (AvgIpc) is 2.30. The van der Waals surface area contributed by atoms with Crippen LogP contribution in [0.15, 0.2) is 24.3 Å². The molecule has 4 heteroatoms. The third-order valence-corrected chi connectivity index (χ3v) is 3.39. The van der Waals surface area contributed by atoms with Gasteiger partial charge in [0, 0.05) is 34.9 Å². The first kappa shape index (κ1) is 11.2. The molecule has 2 rings (SSSR count). The topological polar surface area (TPSA) is 35.5 Å². The SMILES string of the molecule is OCC1CN(c2ccc(I)cc2)CCN1. The van der Waals surface area contributed by atoms with Gasteiger partial charge in [0.2, 0.25) is 0 Å². The molecule has 15 heavy (non-hydrogen) atoms. The van der Waals surface area contributed by atoms with Gasteiger partial charge < -0.3 is 15.3 Å². The maximum absolute atomic E-state index is 9.11. The predicted octanol–water partition coefficient (Wildman–Crippen LogP) is 1.06. The minimum Gasteiger partial charge on any atom is -0.395 e. The van der Waals surface area contributed by atoms with Crippen LogP contribution in [0.25, 0.3) is 0 Å². The maximum Gasteiger partial charge on any atom is 0.0601 e. The third-order valence-electron chi connectivity index (χ3n) is 2.67. The average molecular weight is 318 g/mol. The van der Waals surface area contributed by atoms with Crippen molar-refractivity contribution in [2.24, 2.45) is 0 Å². The van der Waals surface area contributed by atoms with Gasteiger partial charge in [-0.3, -0.25) is 0 Å². The van der Waals surface area contributed by atoms with E-state index in [1.54, 1.807) is 0 Å². The van der Waals surface area contributed by atoms with Crippen LogP contribution in [0.3, 0.4) is 0 Å². The number of nitrogens with zero attached hydrogens (tertiary/aromatic N) is 1. The van der Waals surface area contributed by atoms with Crippen LogP contribution in [0.2, 0.25) is 0 Å². The number of hydrogen-bond acceptors (Lipinski definition) is 3. The van der Waals surface area contributed by atoms with Crippen molar-refractivity contribution in [2.75, 3.05) is 31.1 Å². The molecule has 1 aliphatic heterocycles. The summed E-state index contributed by atoms with van der Waals surface area (Å²) in [5.74, 6) is 0. The Morgan fingerprint density at radius 1 is 1.40 bits per heavy atom. The summed E-state index contributed by atoms with van der Waals surface area (Å²) in [6, 6.07) is 8.72. The summed E-state index contributed by atoms with van der Waals surface area (Å²) in [5, 5.41) is 12.4. The zero-order chi connectivity index (χ0) is 10.7. The molecule has 1 unspecified atom stereocenters. The molecule has 0 aliphatic carbocycles. The van der Waals surface area contributed by atoms with Crippen LogP contribution in [0.5, 0.6) is 0 Å². The normalized spacial score (nSPS) is 21.7. The molecule has 0 saturated carbocycles. The fourth-order valence-electron chi connectivity index (χ4n) is 1.83. The lowest BCUT2D eigenvalue weighted by molar-refractivity contribution is 0.235. The second-order valence-electron chi connectivity index (χ2n) is 3.76. The Hall–Kier alpha value is -0.330. The molecule has 0 aromatic heterocycles. The van der Waals surface area contributed by atoms with E-state index in [1.165, 1.54) is 9.26 Å². The quantitative estimate of drug-likeness (QED) is 0.801.